The van der Waals surface area contributed by atoms with Crippen molar-refractivity contribution < 1.29 is 19.8 Å². The Morgan fingerprint density at radius 1 is 1.43 bits per heavy atom. The molecule has 0 bridgehead atoms. The van der Waals surface area contributed by atoms with Crippen molar-refractivity contribution in [2.24, 2.45) is 0 Å². The lowest BCUT2D eigenvalue weighted by Crippen LogP contribution is -2.36. The number of aromatic carboxylic acids is 1. The third kappa shape index (κ3) is 3.39. The molecule has 6 heteroatoms. The van der Waals surface area contributed by atoms with Crippen LogP contribution in [0.25, 0.3) is 0 Å². The number of nitrogens with zero attached hydrogens (tertiary/aromatic N) is 2. The van der Waals surface area contributed by atoms with Gasteiger partial charge in [-0.1, -0.05) is 0 Å². The largest absolute Gasteiger partial charge is 0.478 e. The Morgan fingerprint density at radius 3 is 2.81 bits per heavy atom. The summed E-state index contributed by atoms with van der Waals surface area (Å²) in [6.07, 6.45) is 3.36. The molecular weight excluding hydrogens is 272 g/mol. The fourth-order valence-electron chi connectivity index (χ4n) is 2.78. The number of aryl methyl sites for hydroxylation is 1. The maximum Gasteiger partial charge on any atom is 0.337 e. The van der Waals surface area contributed by atoms with Crippen LogP contribution in [0.3, 0.4) is 0 Å². The molecule has 0 aliphatic carbocycles. The Hall–Kier alpha value is -1.95. The highest BCUT2D eigenvalue weighted by atomic mass is 16.4. The average molecular weight is 292 g/mol. The van der Waals surface area contributed by atoms with Crippen molar-refractivity contribution in [2.75, 3.05) is 13.2 Å². The number of carboxylic acid groups (broad SMARTS) is 1. The number of rotatable bonds is 5. The van der Waals surface area contributed by atoms with E-state index in [-0.39, 0.29) is 29.8 Å². The molecule has 1 amide bonds. The molecule has 0 aromatic carbocycles. The van der Waals surface area contributed by atoms with Crippen molar-refractivity contribution in [2.45, 2.75) is 38.6 Å². The molecule has 1 aliphatic rings. The van der Waals surface area contributed by atoms with Gasteiger partial charge in [0.25, 0.3) is 5.91 Å². The van der Waals surface area contributed by atoms with E-state index in [9.17, 15) is 9.59 Å². The van der Waals surface area contributed by atoms with Gasteiger partial charge in [-0.05, 0) is 44.7 Å². The van der Waals surface area contributed by atoms with Gasteiger partial charge in [0.2, 0.25) is 0 Å². The van der Waals surface area contributed by atoms with E-state index in [0.29, 0.717) is 18.7 Å². The average Bonchev–Trinajstić information content (AvgIpc) is 2.92. The first-order valence-electron chi connectivity index (χ1n) is 7.17. The molecule has 0 spiro atoms. The summed E-state index contributed by atoms with van der Waals surface area (Å²) in [6.45, 7) is 2.41. The van der Waals surface area contributed by atoms with Gasteiger partial charge >= 0.3 is 5.97 Å². The van der Waals surface area contributed by atoms with E-state index in [1.807, 2.05) is 0 Å². The standard InChI is InChI=1S/C15H20N2O4/c1-10-12(15(20)21)6-7-13(16-10)14(19)17-8-2-4-11(17)5-3-9-18/h6-7,11,18H,2-5,8-9H2,1H3,(H,20,21). The number of aliphatic hydroxyl groups excluding tert-OH is 1. The van der Waals surface area contributed by atoms with Gasteiger partial charge in [-0.3, -0.25) is 4.79 Å². The molecule has 2 rings (SSSR count). The lowest BCUT2D eigenvalue weighted by molar-refractivity contribution is 0.0687. The van der Waals surface area contributed by atoms with Crippen molar-refractivity contribution in [3.8, 4) is 0 Å². The van der Waals surface area contributed by atoms with Crippen LogP contribution in [0.2, 0.25) is 0 Å². The van der Waals surface area contributed by atoms with E-state index in [1.54, 1.807) is 11.8 Å². The van der Waals surface area contributed by atoms with Crippen molar-refractivity contribution in [1.82, 2.24) is 9.88 Å². The first-order valence-corrected chi connectivity index (χ1v) is 7.17. The first kappa shape index (κ1) is 15.4. The van der Waals surface area contributed by atoms with Crippen molar-refractivity contribution in [1.29, 1.82) is 0 Å². The van der Waals surface area contributed by atoms with Crippen LogP contribution in [0, 0.1) is 6.92 Å². The zero-order valence-corrected chi connectivity index (χ0v) is 12.1. The molecular formula is C15H20N2O4. The van der Waals surface area contributed by atoms with Crippen LogP contribution in [0.5, 0.6) is 0 Å². The molecule has 0 radical (unpaired) electrons. The smallest absolute Gasteiger partial charge is 0.337 e. The molecule has 1 aromatic rings. The number of hydrogen-bond donors (Lipinski definition) is 2. The SMILES string of the molecule is Cc1nc(C(=O)N2CCCC2CCCO)ccc1C(=O)O. The van der Waals surface area contributed by atoms with Gasteiger partial charge in [-0.2, -0.15) is 0 Å². The highest BCUT2D eigenvalue weighted by Gasteiger charge is 2.29. The van der Waals surface area contributed by atoms with Crippen LogP contribution >= 0.6 is 0 Å². The predicted molar refractivity (Wildman–Crippen MR) is 76.3 cm³/mol. The van der Waals surface area contributed by atoms with Gasteiger partial charge in [0.1, 0.15) is 5.69 Å². The summed E-state index contributed by atoms with van der Waals surface area (Å²) >= 11 is 0. The van der Waals surface area contributed by atoms with Crippen LogP contribution in [0.4, 0.5) is 0 Å². The van der Waals surface area contributed by atoms with Gasteiger partial charge in [-0.15, -0.1) is 0 Å². The van der Waals surface area contributed by atoms with E-state index < -0.39 is 5.97 Å². The van der Waals surface area contributed by atoms with Crippen molar-refractivity contribution in [3.63, 3.8) is 0 Å². The Bertz CT molecular complexity index is 544. The minimum atomic E-state index is -1.04. The summed E-state index contributed by atoms with van der Waals surface area (Å²) in [4.78, 5) is 29.4. The lowest BCUT2D eigenvalue weighted by Gasteiger charge is -2.24. The third-order valence-corrected chi connectivity index (χ3v) is 3.87. The summed E-state index contributed by atoms with van der Waals surface area (Å²) < 4.78 is 0. The quantitative estimate of drug-likeness (QED) is 0.857. The van der Waals surface area contributed by atoms with Gasteiger partial charge in [0.05, 0.1) is 11.3 Å². The molecule has 1 aliphatic heterocycles. The van der Waals surface area contributed by atoms with E-state index >= 15 is 0 Å². The fourth-order valence-corrected chi connectivity index (χ4v) is 2.78. The van der Waals surface area contributed by atoms with E-state index in [0.717, 1.165) is 19.3 Å². The number of hydrogen-bond acceptors (Lipinski definition) is 4. The number of carbonyl (C=O) groups is 2. The second kappa shape index (κ2) is 6.67. The third-order valence-electron chi connectivity index (χ3n) is 3.87. The second-order valence-corrected chi connectivity index (χ2v) is 5.30. The van der Waals surface area contributed by atoms with Gasteiger partial charge in [-0.25, -0.2) is 9.78 Å². The maximum atomic E-state index is 12.5. The Morgan fingerprint density at radius 2 is 2.19 bits per heavy atom. The van der Waals surface area contributed by atoms with Crippen LogP contribution in [-0.2, 0) is 0 Å². The lowest BCUT2D eigenvalue weighted by atomic mass is 10.1. The number of aromatic nitrogens is 1. The zero-order valence-electron chi connectivity index (χ0n) is 12.1. The number of aliphatic hydroxyl groups is 1. The van der Waals surface area contributed by atoms with Crippen molar-refractivity contribution >= 4 is 11.9 Å². The molecule has 1 aromatic heterocycles. The molecule has 21 heavy (non-hydrogen) atoms. The van der Waals surface area contributed by atoms with Gasteiger partial charge < -0.3 is 15.1 Å². The topological polar surface area (TPSA) is 90.7 Å². The molecule has 6 nitrogen and oxygen atoms in total. The molecule has 2 N–H and O–H groups in total. The highest BCUT2D eigenvalue weighted by molar-refractivity contribution is 5.94. The second-order valence-electron chi connectivity index (χ2n) is 5.30. The summed E-state index contributed by atoms with van der Waals surface area (Å²) in [5.74, 6) is -1.20. The number of carboxylic acids is 1. The van der Waals surface area contributed by atoms with Crippen LogP contribution in [0.1, 0.15) is 52.2 Å². The van der Waals surface area contributed by atoms with Crippen LogP contribution in [-0.4, -0.2) is 51.2 Å². The normalized spacial score (nSPS) is 18.0. The van der Waals surface area contributed by atoms with Gasteiger partial charge in [0, 0.05) is 19.2 Å². The number of likely N-dealkylation sites (tertiary alicyclic amines) is 1. The summed E-state index contributed by atoms with van der Waals surface area (Å²) in [6, 6.07) is 3.04. The Labute approximate surface area is 123 Å². The monoisotopic (exact) mass is 292 g/mol. The molecule has 1 atom stereocenters. The zero-order chi connectivity index (χ0) is 15.4. The van der Waals surface area contributed by atoms with E-state index in [4.69, 9.17) is 10.2 Å². The first-order chi connectivity index (χ1) is 10.0. The Balaban J connectivity index is 2.15. The number of amides is 1. The molecule has 0 saturated carbocycles. The molecule has 1 unspecified atom stereocenters. The van der Waals surface area contributed by atoms with Crippen molar-refractivity contribution in [3.05, 3.63) is 29.1 Å². The predicted octanol–water partition coefficient (Wildman–Crippen LogP) is 1.47. The molecule has 1 fully saturated rings. The summed E-state index contributed by atoms with van der Waals surface area (Å²) in [7, 11) is 0. The molecule has 1 saturated heterocycles. The van der Waals surface area contributed by atoms with Gasteiger partial charge in [0.15, 0.2) is 0 Å². The Kier molecular flexibility index (Phi) is 4.90. The fraction of sp³-hybridized carbons (Fsp3) is 0.533. The number of carbonyl (C=O) groups excluding carboxylic acids is 1. The minimum Gasteiger partial charge on any atom is -0.478 e. The van der Waals surface area contributed by atoms with E-state index in [2.05, 4.69) is 4.98 Å². The highest BCUT2D eigenvalue weighted by Crippen LogP contribution is 2.23. The summed E-state index contributed by atoms with van der Waals surface area (Å²) in [5, 5.41) is 17.9. The van der Waals surface area contributed by atoms with E-state index in [1.165, 1.54) is 12.1 Å². The molecule has 114 valence electrons. The summed E-state index contributed by atoms with van der Waals surface area (Å²) in [5.41, 5.74) is 0.748. The molecule has 2 heterocycles. The van der Waals surface area contributed by atoms with Crippen LogP contribution < -0.4 is 0 Å². The maximum absolute atomic E-state index is 12.5. The van der Waals surface area contributed by atoms with Crippen LogP contribution in [0.15, 0.2) is 12.1 Å². The minimum absolute atomic E-state index is 0.116. The number of pyridine rings is 1.